The summed E-state index contributed by atoms with van der Waals surface area (Å²) in [6, 6.07) is 10.7. The first-order chi connectivity index (χ1) is 11.8. The Hall–Kier alpha value is -2.14. The second-order valence-corrected chi connectivity index (χ2v) is 7.41. The predicted octanol–water partition coefficient (Wildman–Crippen LogP) is 3.73. The lowest BCUT2D eigenvalue weighted by atomic mass is 10.2. The van der Waals surface area contributed by atoms with E-state index >= 15 is 0 Å². The van der Waals surface area contributed by atoms with E-state index in [0.29, 0.717) is 23.5 Å². The number of nitriles is 1. The number of aryl methyl sites for hydroxylation is 1. The smallest absolute Gasteiger partial charge is 0.426 e. The quantitative estimate of drug-likeness (QED) is 0.587. The molecule has 2 rings (SSSR count). The molecule has 1 amide bonds. The van der Waals surface area contributed by atoms with Crippen molar-refractivity contribution in [1.29, 1.82) is 5.26 Å². The molecule has 10 heteroatoms. The van der Waals surface area contributed by atoms with Gasteiger partial charge in [-0.05, 0) is 24.6 Å². The molecule has 2 aromatic rings. The number of hydrazine groups is 1. The minimum atomic E-state index is -1.69. The number of nitrogens with one attached hydrogen (secondary N) is 2. The summed E-state index contributed by atoms with van der Waals surface area (Å²) in [4.78, 5) is 11.6. The molecule has 0 atom stereocenters. The molecule has 1 aromatic carbocycles. The lowest BCUT2D eigenvalue weighted by Crippen LogP contribution is -2.33. The number of rotatable bonds is 5. The molecule has 0 spiro atoms. The molecule has 0 unspecified atom stereocenters. The van der Waals surface area contributed by atoms with Crippen molar-refractivity contribution in [3.63, 3.8) is 0 Å². The molecule has 0 saturated heterocycles. The lowest BCUT2D eigenvalue weighted by molar-refractivity contribution is 0.150. The molecule has 132 valence electrons. The number of hydrogen-bond donors (Lipinski definition) is 2. The molecular weight excluding hydrogens is 389 g/mol. The van der Waals surface area contributed by atoms with E-state index in [2.05, 4.69) is 22.0 Å². The summed E-state index contributed by atoms with van der Waals surface area (Å²) in [7, 11) is 0. The van der Waals surface area contributed by atoms with Crippen molar-refractivity contribution >= 4 is 46.7 Å². The van der Waals surface area contributed by atoms with Crippen LogP contribution in [0.1, 0.15) is 18.2 Å². The minimum absolute atomic E-state index is 0.394. The number of carbonyl (C=O) groups is 1. The van der Waals surface area contributed by atoms with Crippen molar-refractivity contribution in [2.24, 2.45) is 0 Å². The third kappa shape index (κ3) is 5.71. The summed E-state index contributed by atoms with van der Waals surface area (Å²) in [6.07, 6.45) is -0.125. The Morgan fingerprint density at radius 3 is 2.80 bits per heavy atom. The maximum Gasteiger partial charge on any atom is 0.426 e. The summed E-state index contributed by atoms with van der Waals surface area (Å²) in [6.45, 7) is 1.56. The topological polar surface area (TPSA) is 92.0 Å². The van der Waals surface area contributed by atoms with Crippen molar-refractivity contribution in [2.45, 2.75) is 17.1 Å². The summed E-state index contributed by atoms with van der Waals surface area (Å²) >= 11 is 16.5. The summed E-state index contributed by atoms with van der Waals surface area (Å²) in [5.74, 6) is 0.484. The lowest BCUT2D eigenvalue weighted by Gasteiger charge is -2.13. The first kappa shape index (κ1) is 19.2. The Balaban J connectivity index is 2.14. The van der Waals surface area contributed by atoms with Gasteiger partial charge in [0.25, 0.3) is 0 Å². The van der Waals surface area contributed by atoms with Crippen LogP contribution < -0.4 is 10.9 Å². The Bertz CT molecular complexity index is 795. The predicted molar refractivity (Wildman–Crippen MR) is 96.1 cm³/mol. The van der Waals surface area contributed by atoms with E-state index in [1.54, 1.807) is 35.0 Å². The summed E-state index contributed by atoms with van der Waals surface area (Å²) in [5.41, 5.74) is 6.99. The van der Waals surface area contributed by atoms with Gasteiger partial charge in [-0.3, -0.25) is 5.43 Å². The first-order valence-electron chi connectivity index (χ1n) is 7.17. The van der Waals surface area contributed by atoms with Crippen molar-refractivity contribution in [3.8, 4) is 11.8 Å². The number of anilines is 1. The van der Waals surface area contributed by atoms with Crippen LogP contribution in [-0.4, -0.2) is 26.3 Å². The van der Waals surface area contributed by atoms with Crippen molar-refractivity contribution in [2.75, 3.05) is 12.0 Å². The van der Waals surface area contributed by atoms with Crippen LogP contribution in [0.2, 0.25) is 0 Å². The van der Waals surface area contributed by atoms with Crippen molar-refractivity contribution in [3.05, 3.63) is 41.6 Å². The van der Waals surface area contributed by atoms with Gasteiger partial charge in [-0.25, -0.2) is 14.9 Å². The highest BCUT2D eigenvalue weighted by molar-refractivity contribution is 6.67. The van der Waals surface area contributed by atoms with Crippen LogP contribution in [0.4, 0.5) is 10.6 Å². The second-order valence-electron chi connectivity index (χ2n) is 4.89. The maximum absolute atomic E-state index is 11.6. The highest BCUT2D eigenvalue weighted by atomic mass is 35.6. The molecule has 0 aliphatic rings. The van der Waals surface area contributed by atoms with Crippen LogP contribution in [-0.2, 0) is 11.2 Å². The molecule has 7 nitrogen and oxygen atoms in total. The third-order valence-electron chi connectivity index (χ3n) is 3.00. The molecule has 25 heavy (non-hydrogen) atoms. The Morgan fingerprint density at radius 1 is 1.40 bits per heavy atom. The number of benzene rings is 1. The van der Waals surface area contributed by atoms with E-state index < -0.39 is 16.5 Å². The second kappa shape index (κ2) is 8.30. The van der Waals surface area contributed by atoms with E-state index in [1.807, 2.05) is 6.92 Å². The molecular formula is C15H14Cl3N5O2. The highest BCUT2D eigenvalue weighted by Crippen LogP contribution is 2.25. The largest absolute Gasteiger partial charge is 0.444 e. The van der Waals surface area contributed by atoms with Crippen LogP contribution >= 0.6 is 34.8 Å². The molecule has 1 aromatic heterocycles. The van der Waals surface area contributed by atoms with Crippen LogP contribution in [0.25, 0.3) is 5.69 Å². The zero-order valence-electron chi connectivity index (χ0n) is 13.1. The zero-order valence-corrected chi connectivity index (χ0v) is 15.4. The van der Waals surface area contributed by atoms with E-state index in [1.165, 1.54) is 0 Å². The molecule has 0 bridgehead atoms. The third-order valence-corrected chi connectivity index (χ3v) is 3.33. The van der Waals surface area contributed by atoms with Crippen LogP contribution in [0, 0.1) is 11.3 Å². The SMILES string of the molecule is CCc1cc(NNC(=O)OCC(Cl)(Cl)Cl)n(-c2cccc(C#N)c2)n1. The van der Waals surface area contributed by atoms with Gasteiger partial charge in [0.1, 0.15) is 12.4 Å². The molecule has 0 radical (unpaired) electrons. The Morgan fingerprint density at radius 2 is 2.16 bits per heavy atom. The van der Waals surface area contributed by atoms with E-state index in [0.717, 1.165) is 5.69 Å². The van der Waals surface area contributed by atoms with Gasteiger partial charge in [0.05, 0.1) is 23.0 Å². The highest BCUT2D eigenvalue weighted by Gasteiger charge is 2.22. The van der Waals surface area contributed by atoms with E-state index in [4.69, 9.17) is 44.8 Å². The van der Waals surface area contributed by atoms with E-state index in [-0.39, 0.29) is 0 Å². The van der Waals surface area contributed by atoms with Gasteiger partial charge in [-0.1, -0.05) is 47.8 Å². The van der Waals surface area contributed by atoms with Crippen LogP contribution in [0.5, 0.6) is 0 Å². The molecule has 1 heterocycles. The fourth-order valence-electron chi connectivity index (χ4n) is 1.89. The fourth-order valence-corrected chi connectivity index (χ4v) is 2.06. The summed E-state index contributed by atoms with van der Waals surface area (Å²) < 4.78 is 4.64. The normalized spacial score (nSPS) is 10.8. The van der Waals surface area contributed by atoms with Gasteiger partial charge in [0.15, 0.2) is 0 Å². The molecule has 0 aliphatic carbocycles. The standard InChI is InChI=1S/C15H14Cl3N5O2/c1-2-11-7-13(20-21-14(24)25-9-15(16,17)18)23(22-11)12-5-3-4-10(6-12)8-19/h3-7,20H,2,9H2,1H3,(H,21,24). The molecule has 2 N–H and O–H groups in total. The zero-order chi connectivity index (χ0) is 18.4. The maximum atomic E-state index is 11.6. The average Bonchev–Trinajstić information content (AvgIpc) is 3.01. The van der Waals surface area contributed by atoms with Crippen molar-refractivity contribution in [1.82, 2.24) is 15.2 Å². The molecule has 0 saturated carbocycles. The van der Waals surface area contributed by atoms with Crippen molar-refractivity contribution < 1.29 is 9.53 Å². The van der Waals surface area contributed by atoms with Gasteiger partial charge in [-0.15, -0.1) is 0 Å². The fraction of sp³-hybridized carbons (Fsp3) is 0.267. The molecule has 0 fully saturated rings. The van der Waals surface area contributed by atoms with Gasteiger partial charge in [-0.2, -0.15) is 10.4 Å². The number of ether oxygens (including phenoxy) is 1. The Kier molecular flexibility index (Phi) is 6.37. The number of halogens is 3. The Labute approximate surface area is 159 Å². The number of nitrogens with zero attached hydrogens (tertiary/aromatic N) is 3. The first-order valence-corrected chi connectivity index (χ1v) is 8.31. The van der Waals surface area contributed by atoms with E-state index in [9.17, 15) is 4.79 Å². The van der Waals surface area contributed by atoms with Crippen LogP contribution in [0.15, 0.2) is 30.3 Å². The number of aromatic nitrogens is 2. The molecule has 0 aliphatic heterocycles. The van der Waals surface area contributed by atoms with Crippen LogP contribution in [0.3, 0.4) is 0 Å². The number of hydrogen-bond acceptors (Lipinski definition) is 5. The minimum Gasteiger partial charge on any atom is -0.444 e. The number of alkyl halides is 3. The monoisotopic (exact) mass is 401 g/mol. The number of carbonyl (C=O) groups excluding carboxylic acids is 1. The van der Waals surface area contributed by atoms with Gasteiger partial charge in [0.2, 0.25) is 3.79 Å². The average molecular weight is 403 g/mol. The number of amides is 1. The van der Waals surface area contributed by atoms with Gasteiger partial charge < -0.3 is 4.74 Å². The summed E-state index contributed by atoms with van der Waals surface area (Å²) in [5, 5.41) is 13.5. The van der Waals surface area contributed by atoms with Gasteiger partial charge in [0, 0.05) is 6.07 Å². The van der Waals surface area contributed by atoms with Gasteiger partial charge >= 0.3 is 6.09 Å².